The molecule has 0 saturated carbocycles. The SMILES string of the molecule is CC1(C)Oc2ccc(C#N)cc2[C@@H](n2ccc(CO[N+](=O)[O-])cc2=O)[C@@H]1O. The van der Waals surface area contributed by atoms with E-state index < -0.39 is 28.4 Å². The van der Waals surface area contributed by atoms with E-state index >= 15 is 0 Å². The molecule has 0 fully saturated rings. The molecule has 3 rings (SSSR count). The number of ether oxygens (including phenoxy) is 1. The molecule has 2 heterocycles. The number of rotatable bonds is 4. The molecule has 1 aliphatic heterocycles. The summed E-state index contributed by atoms with van der Waals surface area (Å²) < 4.78 is 7.17. The van der Waals surface area contributed by atoms with Gasteiger partial charge in [0, 0.05) is 17.8 Å². The van der Waals surface area contributed by atoms with Gasteiger partial charge in [-0.25, -0.2) is 0 Å². The van der Waals surface area contributed by atoms with Crippen molar-refractivity contribution in [3.63, 3.8) is 0 Å². The Labute approximate surface area is 154 Å². The van der Waals surface area contributed by atoms with Gasteiger partial charge in [-0.15, -0.1) is 10.1 Å². The second kappa shape index (κ2) is 6.74. The van der Waals surface area contributed by atoms with Gasteiger partial charge in [0.2, 0.25) is 0 Å². The predicted molar refractivity (Wildman–Crippen MR) is 92.5 cm³/mol. The summed E-state index contributed by atoms with van der Waals surface area (Å²) in [5, 5.41) is 29.4. The summed E-state index contributed by atoms with van der Waals surface area (Å²) in [6.07, 6.45) is 0.372. The van der Waals surface area contributed by atoms with Gasteiger partial charge in [0.25, 0.3) is 10.6 Å². The fourth-order valence-corrected chi connectivity index (χ4v) is 3.12. The van der Waals surface area contributed by atoms with Crippen molar-refractivity contribution in [2.24, 2.45) is 0 Å². The second-order valence-electron chi connectivity index (χ2n) is 6.74. The van der Waals surface area contributed by atoms with Crippen molar-refractivity contribution in [3.05, 3.63) is 73.7 Å². The molecule has 140 valence electrons. The Morgan fingerprint density at radius 1 is 1.41 bits per heavy atom. The standard InChI is InChI=1S/C18H17N3O6/c1-18(2)17(23)16(13-7-11(9-19)3-4-14(13)27-18)20-6-5-12(8-15(20)22)10-26-21(24)25/h3-8,16-17,23H,10H2,1-2H3/t16-,17+/m1/s1. The lowest BCUT2D eigenvalue weighted by molar-refractivity contribution is -0.763. The summed E-state index contributed by atoms with van der Waals surface area (Å²) in [5.41, 5.74) is -0.219. The summed E-state index contributed by atoms with van der Waals surface area (Å²) >= 11 is 0. The molecule has 9 nitrogen and oxygen atoms in total. The fraction of sp³-hybridized carbons (Fsp3) is 0.333. The van der Waals surface area contributed by atoms with Crippen molar-refractivity contribution in [1.29, 1.82) is 5.26 Å². The number of fused-ring (bicyclic) bond motifs is 1. The molecule has 0 unspecified atom stereocenters. The van der Waals surface area contributed by atoms with Crippen LogP contribution in [0.2, 0.25) is 0 Å². The van der Waals surface area contributed by atoms with Gasteiger partial charge in [-0.05, 0) is 43.7 Å². The van der Waals surface area contributed by atoms with Crippen LogP contribution in [0.4, 0.5) is 0 Å². The summed E-state index contributed by atoms with van der Waals surface area (Å²) in [6, 6.07) is 8.79. The van der Waals surface area contributed by atoms with Gasteiger partial charge >= 0.3 is 0 Å². The Balaban J connectivity index is 2.08. The molecule has 9 heteroatoms. The first-order valence-electron chi connectivity index (χ1n) is 8.12. The minimum atomic E-state index is -1.07. The maximum atomic E-state index is 12.6. The van der Waals surface area contributed by atoms with Crippen LogP contribution >= 0.6 is 0 Å². The van der Waals surface area contributed by atoms with Crippen LogP contribution in [0, 0.1) is 21.4 Å². The third kappa shape index (κ3) is 3.47. The molecular formula is C18H17N3O6. The van der Waals surface area contributed by atoms with E-state index in [1.165, 1.54) is 22.9 Å². The number of pyridine rings is 1. The topological polar surface area (TPSA) is 128 Å². The second-order valence-corrected chi connectivity index (χ2v) is 6.74. The first-order valence-corrected chi connectivity index (χ1v) is 8.12. The third-order valence-electron chi connectivity index (χ3n) is 4.49. The molecule has 0 aliphatic carbocycles. The molecule has 1 aromatic carbocycles. The van der Waals surface area contributed by atoms with Crippen molar-refractivity contribution >= 4 is 0 Å². The monoisotopic (exact) mass is 371 g/mol. The van der Waals surface area contributed by atoms with Crippen LogP contribution in [0.5, 0.6) is 5.75 Å². The van der Waals surface area contributed by atoms with Crippen molar-refractivity contribution < 1.29 is 19.8 Å². The Kier molecular flexibility index (Phi) is 4.59. The minimum absolute atomic E-state index is 0.333. The summed E-state index contributed by atoms with van der Waals surface area (Å²) in [4.78, 5) is 27.2. The van der Waals surface area contributed by atoms with Crippen LogP contribution in [0.15, 0.2) is 41.3 Å². The zero-order valence-corrected chi connectivity index (χ0v) is 14.7. The van der Waals surface area contributed by atoms with Gasteiger partial charge in [0.15, 0.2) is 0 Å². The van der Waals surface area contributed by atoms with Crippen LogP contribution in [-0.2, 0) is 11.4 Å². The van der Waals surface area contributed by atoms with Gasteiger partial charge < -0.3 is 19.2 Å². The number of benzene rings is 1. The zero-order valence-electron chi connectivity index (χ0n) is 14.7. The van der Waals surface area contributed by atoms with Crippen molar-refractivity contribution in [3.8, 4) is 11.8 Å². The van der Waals surface area contributed by atoms with E-state index in [9.17, 15) is 20.0 Å². The Morgan fingerprint density at radius 3 is 2.78 bits per heavy atom. The number of nitrogens with zero attached hydrogens (tertiary/aromatic N) is 3. The van der Waals surface area contributed by atoms with Crippen molar-refractivity contribution in [2.75, 3.05) is 0 Å². The van der Waals surface area contributed by atoms with Crippen LogP contribution in [-0.4, -0.2) is 26.5 Å². The maximum Gasteiger partial charge on any atom is 0.294 e. The molecule has 0 spiro atoms. The van der Waals surface area contributed by atoms with E-state index in [2.05, 4.69) is 4.84 Å². The first kappa shape index (κ1) is 18.4. The lowest BCUT2D eigenvalue weighted by Crippen LogP contribution is -2.52. The highest BCUT2D eigenvalue weighted by Gasteiger charge is 2.44. The number of hydrogen-bond donors (Lipinski definition) is 1. The van der Waals surface area contributed by atoms with E-state index in [-0.39, 0.29) is 6.61 Å². The average molecular weight is 371 g/mol. The van der Waals surface area contributed by atoms with Gasteiger partial charge in [-0.1, -0.05) is 0 Å². The predicted octanol–water partition coefficient (Wildman–Crippen LogP) is 1.55. The van der Waals surface area contributed by atoms with Crippen molar-refractivity contribution in [2.45, 2.75) is 38.2 Å². The highest BCUT2D eigenvalue weighted by molar-refractivity contribution is 5.46. The van der Waals surface area contributed by atoms with E-state index in [0.717, 1.165) is 0 Å². The molecule has 27 heavy (non-hydrogen) atoms. The largest absolute Gasteiger partial charge is 0.485 e. The van der Waals surface area contributed by atoms with Gasteiger partial charge in [0.1, 0.15) is 24.1 Å². The number of aromatic nitrogens is 1. The van der Waals surface area contributed by atoms with Crippen LogP contribution in [0.3, 0.4) is 0 Å². The van der Waals surface area contributed by atoms with E-state index in [1.54, 1.807) is 32.0 Å². The number of aliphatic hydroxyl groups excluding tert-OH is 1. The van der Waals surface area contributed by atoms with Crippen LogP contribution in [0.25, 0.3) is 0 Å². The highest BCUT2D eigenvalue weighted by atomic mass is 16.9. The number of aliphatic hydroxyl groups is 1. The zero-order chi connectivity index (χ0) is 19.8. The Bertz CT molecular complexity index is 991. The van der Waals surface area contributed by atoms with Crippen LogP contribution < -0.4 is 10.3 Å². The van der Waals surface area contributed by atoms with Crippen LogP contribution in [0.1, 0.15) is 36.6 Å². The molecule has 0 amide bonds. The molecule has 1 aliphatic rings. The number of hydrogen-bond acceptors (Lipinski definition) is 7. The Morgan fingerprint density at radius 2 is 2.15 bits per heavy atom. The van der Waals surface area contributed by atoms with Gasteiger partial charge in [-0.2, -0.15) is 5.26 Å². The Hall–Kier alpha value is -3.38. The molecule has 0 saturated heterocycles. The molecule has 2 aromatic rings. The average Bonchev–Trinajstić information content (AvgIpc) is 2.61. The normalized spacial score (nSPS) is 20.1. The molecular weight excluding hydrogens is 354 g/mol. The summed E-state index contributed by atoms with van der Waals surface area (Å²) in [6.45, 7) is 3.06. The van der Waals surface area contributed by atoms with Crippen molar-refractivity contribution in [1.82, 2.24) is 4.57 Å². The lowest BCUT2D eigenvalue weighted by Gasteiger charge is -2.42. The van der Waals surface area contributed by atoms with Gasteiger partial charge in [-0.3, -0.25) is 4.79 Å². The minimum Gasteiger partial charge on any atom is -0.485 e. The quantitative estimate of drug-likeness (QED) is 0.638. The molecule has 2 atom stereocenters. The fourth-order valence-electron chi connectivity index (χ4n) is 3.12. The number of nitriles is 1. The van der Waals surface area contributed by atoms with E-state index in [4.69, 9.17) is 10.00 Å². The lowest BCUT2D eigenvalue weighted by atomic mass is 9.85. The molecule has 0 radical (unpaired) electrons. The molecule has 1 aromatic heterocycles. The smallest absolute Gasteiger partial charge is 0.294 e. The van der Waals surface area contributed by atoms with Gasteiger partial charge in [0.05, 0.1) is 17.7 Å². The summed E-state index contributed by atoms with van der Waals surface area (Å²) in [5.74, 6) is 0.474. The molecule has 0 bridgehead atoms. The van der Waals surface area contributed by atoms with E-state index in [1.807, 2.05) is 6.07 Å². The summed E-state index contributed by atoms with van der Waals surface area (Å²) in [7, 11) is 0. The maximum absolute atomic E-state index is 12.6. The molecule has 1 N–H and O–H groups in total. The van der Waals surface area contributed by atoms with E-state index in [0.29, 0.717) is 22.4 Å². The third-order valence-corrected chi connectivity index (χ3v) is 4.49. The first-order chi connectivity index (χ1) is 12.7. The highest BCUT2D eigenvalue weighted by Crippen LogP contribution is 2.41.